The zero-order valence-electron chi connectivity index (χ0n) is 9.29. The Balaban J connectivity index is 2.51. The minimum Gasteiger partial charge on any atom is -0.504 e. The summed E-state index contributed by atoms with van der Waals surface area (Å²) in [5.41, 5.74) is 0.298. The maximum absolute atomic E-state index is 12.1. The van der Waals surface area contributed by atoms with Gasteiger partial charge in [0.25, 0.3) is 0 Å². The molecule has 0 fully saturated rings. The van der Waals surface area contributed by atoms with E-state index in [1.54, 1.807) is 36.4 Å². The second-order valence-corrected chi connectivity index (χ2v) is 3.66. The molecule has 0 aliphatic rings. The average molecular weight is 239 g/mol. The Kier molecular flexibility index (Phi) is 2.98. The van der Waals surface area contributed by atoms with Gasteiger partial charge < -0.3 is 10.2 Å². The van der Waals surface area contributed by atoms with E-state index in [1.807, 2.05) is 0 Å². The smallest absolute Gasteiger partial charge is 0.196 e. The van der Waals surface area contributed by atoms with Crippen LogP contribution in [0, 0.1) is 11.3 Å². The summed E-state index contributed by atoms with van der Waals surface area (Å²) in [4.78, 5) is 12.1. The quantitative estimate of drug-likeness (QED) is 0.621. The molecular formula is C14H9NO3. The number of carbonyl (C=O) groups excluding carboxylic acids is 1. The first kappa shape index (κ1) is 11.7. The van der Waals surface area contributed by atoms with Gasteiger partial charge in [0.15, 0.2) is 17.3 Å². The predicted molar refractivity (Wildman–Crippen MR) is 64.4 cm³/mol. The van der Waals surface area contributed by atoms with Gasteiger partial charge in [0.05, 0.1) is 11.1 Å². The number of rotatable bonds is 2. The van der Waals surface area contributed by atoms with Crippen LogP contribution in [0.2, 0.25) is 0 Å². The van der Waals surface area contributed by atoms with Crippen LogP contribution in [0.5, 0.6) is 11.5 Å². The van der Waals surface area contributed by atoms with E-state index in [2.05, 4.69) is 0 Å². The maximum Gasteiger partial charge on any atom is 0.196 e. The Bertz CT molecular complexity index is 642. The van der Waals surface area contributed by atoms with Crippen molar-refractivity contribution in [2.24, 2.45) is 0 Å². The predicted octanol–water partition coefficient (Wildman–Crippen LogP) is 2.20. The second-order valence-electron chi connectivity index (χ2n) is 3.66. The summed E-state index contributed by atoms with van der Waals surface area (Å²) in [7, 11) is 0. The third-order valence-electron chi connectivity index (χ3n) is 2.55. The molecule has 4 heteroatoms. The fourth-order valence-corrected chi connectivity index (χ4v) is 1.60. The lowest BCUT2D eigenvalue weighted by Gasteiger charge is -2.06. The van der Waals surface area contributed by atoms with E-state index < -0.39 is 17.3 Å². The number of aromatic hydroxyl groups is 2. The number of hydrogen-bond acceptors (Lipinski definition) is 4. The summed E-state index contributed by atoms with van der Waals surface area (Å²) in [6.07, 6.45) is 0. The first-order chi connectivity index (χ1) is 8.65. The fraction of sp³-hybridized carbons (Fsp3) is 0. The number of nitriles is 1. The molecule has 0 bridgehead atoms. The maximum atomic E-state index is 12.1. The van der Waals surface area contributed by atoms with Crippen LogP contribution < -0.4 is 0 Å². The molecule has 0 saturated carbocycles. The molecule has 4 nitrogen and oxygen atoms in total. The van der Waals surface area contributed by atoms with Crippen molar-refractivity contribution in [3.63, 3.8) is 0 Å². The zero-order valence-corrected chi connectivity index (χ0v) is 9.29. The molecule has 0 spiro atoms. The van der Waals surface area contributed by atoms with E-state index in [0.29, 0.717) is 5.56 Å². The van der Waals surface area contributed by atoms with Gasteiger partial charge in [0.2, 0.25) is 0 Å². The van der Waals surface area contributed by atoms with E-state index in [0.717, 1.165) is 0 Å². The van der Waals surface area contributed by atoms with Gasteiger partial charge in [-0.3, -0.25) is 4.79 Å². The largest absolute Gasteiger partial charge is 0.504 e. The summed E-state index contributed by atoms with van der Waals surface area (Å²) in [5.74, 6) is -1.55. The first-order valence-corrected chi connectivity index (χ1v) is 5.20. The SMILES string of the molecule is N#Cc1ccc(C(=O)c2ccccc2)c(O)c1O. The lowest BCUT2D eigenvalue weighted by atomic mass is 10.0. The molecule has 0 saturated heterocycles. The van der Waals surface area contributed by atoms with Gasteiger partial charge in [0, 0.05) is 5.56 Å². The summed E-state index contributed by atoms with van der Waals surface area (Å²) < 4.78 is 0. The molecular weight excluding hydrogens is 230 g/mol. The van der Waals surface area contributed by atoms with Crippen molar-refractivity contribution in [2.75, 3.05) is 0 Å². The minimum atomic E-state index is -0.570. The number of phenols is 2. The molecule has 0 aliphatic heterocycles. The molecule has 0 heterocycles. The third kappa shape index (κ3) is 1.89. The van der Waals surface area contributed by atoms with Crippen LogP contribution in [-0.4, -0.2) is 16.0 Å². The molecule has 88 valence electrons. The molecule has 0 aromatic heterocycles. The number of ketones is 1. The summed E-state index contributed by atoms with van der Waals surface area (Å²) in [6, 6.07) is 12.7. The number of carbonyl (C=O) groups is 1. The highest BCUT2D eigenvalue weighted by Crippen LogP contribution is 2.33. The summed E-state index contributed by atoms with van der Waals surface area (Å²) >= 11 is 0. The van der Waals surface area contributed by atoms with Crippen LogP contribution in [-0.2, 0) is 0 Å². The zero-order chi connectivity index (χ0) is 13.1. The van der Waals surface area contributed by atoms with Gasteiger partial charge in [-0.1, -0.05) is 30.3 Å². The van der Waals surface area contributed by atoms with Crippen LogP contribution >= 0.6 is 0 Å². The van der Waals surface area contributed by atoms with Crippen LogP contribution in [0.3, 0.4) is 0 Å². The van der Waals surface area contributed by atoms with Crippen molar-refractivity contribution >= 4 is 5.78 Å². The second kappa shape index (κ2) is 4.60. The standard InChI is InChI=1S/C14H9NO3/c15-8-10-6-7-11(14(18)13(10)17)12(16)9-4-2-1-3-5-9/h1-7,17-18H. The molecule has 2 aromatic rings. The topological polar surface area (TPSA) is 81.3 Å². The Morgan fingerprint density at radius 2 is 1.67 bits per heavy atom. The molecule has 2 N–H and O–H groups in total. The van der Waals surface area contributed by atoms with Crippen LogP contribution in [0.15, 0.2) is 42.5 Å². The van der Waals surface area contributed by atoms with E-state index in [9.17, 15) is 15.0 Å². The molecule has 2 aromatic carbocycles. The molecule has 18 heavy (non-hydrogen) atoms. The minimum absolute atomic E-state index is 0.0299. The van der Waals surface area contributed by atoms with Crippen molar-refractivity contribution in [1.82, 2.24) is 0 Å². The van der Waals surface area contributed by atoms with Crippen molar-refractivity contribution in [3.8, 4) is 17.6 Å². The van der Waals surface area contributed by atoms with Gasteiger partial charge in [-0.2, -0.15) is 5.26 Å². The monoisotopic (exact) mass is 239 g/mol. The van der Waals surface area contributed by atoms with E-state index in [1.165, 1.54) is 12.1 Å². The van der Waals surface area contributed by atoms with Crippen LogP contribution in [0.25, 0.3) is 0 Å². The van der Waals surface area contributed by atoms with E-state index in [4.69, 9.17) is 5.26 Å². The Morgan fingerprint density at radius 3 is 2.28 bits per heavy atom. The molecule has 0 unspecified atom stereocenters. The number of benzene rings is 2. The van der Waals surface area contributed by atoms with Gasteiger partial charge in [0.1, 0.15) is 6.07 Å². The lowest BCUT2D eigenvalue weighted by Crippen LogP contribution is -2.01. The number of phenolic OH excluding ortho intramolecular Hbond substituents is 2. The molecule has 2 rings (SSSR count). The highest BCUT2D eigenvalue weighted by atomic mass is 16.3. The highest BCUT2D eigenvalue weighted by Gasteiger charge is 2.18. The average Bonchev–Trinajstić information content (AvgIpc) is 2.42. The van der Waals surface area contributed by atoms with Crippen molar-refractivity contribution < 1.29 is 15.0 Å². The van der Waals surface area contributed by atoms with Gasteiger partial charge >= 0.3 is 0 Å². The summed E-state index contributed by atoms with van der Waals surface area (Å²) in [5, 5.41) is 28.0. The summed E-state index contributed by atoms with van der Waals surface area (Å²) in [6.45, 7) is 0. The third-order valence-corrected chi connectivity index (χ3v) is 2.55. The highest BCUT2D eigenvalue weighted by molar-refractivity contribution is 6.11. The molecule has 0 radical (unpaired) electrons. The molecule has 0 amide bonds. The first-order valence-electron chi connectivity index (χ1n) is 5.20. The Labute approximate surface area is 103 Å². The van der Waals surface area contributed by atoms with Gasteiger partial charge in [-0.25, -0.2) is 0 Å². The van der Waals surface area contributed by atoms with E-state index >= 15 is 0 Å². The van der Waals surface area contributed by atoms with Crippen LogP contribution in [0.1, 0.15) is 21.5 Å². The van der Waals surface area contributed by atoms with E-state index in [-0.39, 0.29) is 11.1 Å². The van der Waals surface area contributed by atoms with Crippen molar-refractivity contribution in [1.29, 1.82) is 5.26 Å². The lowest BCUT2D eigenvalue weighted by molar-refractivity contribution is 0.103. The normalized spacial score (nSPS) is 9.72. The number of nitrogens with zero attached hydrogens (tertiary/aromatic N) is 1. The van der Waals surface area contributed by atoms with Crippen molar-refractivity contribution in [2.45, 2.75) is 0 Å². The van der Waals surface area contributed by atoms with Crippen LogP contribution in [0.4, 0.5) is 0 Å². The molecule has 0 aliphatic carbocycles. The van der Waals surface area contributed by atoms with Crippen molar-refractivity contribution in [3.05, 3.63) is 59.2 Å². The Morgan fingerprint density at radius 1 is 1.00 bits per heavy atom. The Hall–Kier alpha value is -2.80. The fourth-order valence-electron chi connectivity index (χ4n) is 1.60. The number of hydrogen-bond donors (Lipinski definition) is 2. The van der Waals surface area contributed by atoms with Gasteiger partial charge in [-0.15, -0.1) is 0 Å². The van der Waals surface area contributed by atoms with Gasteiger partial charge in [-0.05, 0) is 12.1 Å². The molecule has 0 atom stereocenters.